The summed E-state index contributed by atoms with van der Waals surface area (Å²) in [6, 6.07) is 0. The molecule has 1 N–H and O–H groups in total. The Morgan fingerprint density at radius 3 is 2.50 bits per heavy atom. The summed E-state index contributed by atoms with van der Waals surface area (Å²) in [5.41, 5.74) is 0.417. The maximum Gasteiger partial charge on any atom is 0.230 e. The van der Waals surface area contributed by atoms with E-state index in [9.17, 15) is 4.79 Å². The van der Waals surface area contributed by atoms with Crippen LogP contribution in [0, 0.1) is 23.2 Å². The van der Waals surface area contributed by atoms with Crippen LogP contribution in [0.25, 0.3) is 0 Å². The first kappa shape index (κ1) is 14.5. The van der Waals surface area contributed by atoms with Gasteiger partial charge in [0.25, 0.3) is 0 Å². The van der Waals surface area contributed by atoms with Crippen LogP contribution in [0.2, 0.25) is 0 Å². The van der Waals surface area contributed by atoms with E-state index in [1.54, 1.807) is 6.33 Å². The third kappa shape index (κ3) is 2.77. The number of hydrogen-bond acceptors (Lipinski definition) is 4. The van der Waals surface area contributed by atoms with E-state index in [-0.39, 0.29) is 5.91 Å². The largest absolute Gasteiger partial charge is 0.355 e. The maximum atomic E-state index is 12.2. The van der Waals surface area contributed by atoms with Crippen molar-refractivity contribution in [3.63, 3.8) is 0 Å². The minimum atomic E-state index is 0.128. The molecule has 0 aromatic carbocycles. The first-order chi connectivity index (χ1) is 10.6. The lowest BCUT2D eigenvalue weighted by Gasteiger charge is -2.56. The molecule has 22 heavy (non-hydrogen) atoms. The minimum absolute atomic E-state index is 0.128. The predicted molar refractivity (Wildman–Crippen MR) is 85.3 cm³/mol. The van der Waals surface area contributed by atoms with Crippen LogP contribution in [0.5, 0.6) is 0 Å². The number of amides is 1. The molecule has 4 aliphatic carbocycles. The van der Waals surface area contributed by atoms with Crippen LogP contribution >= 0.6 is 11.8 Å². The summed E-state index contributed by atoms with van der Waals surface area (Å²) in [7, 11) is 1.90. The van der Waals surface area contributed by atoms with Crippen LogP contribution in [-0.2, 0) is 11.8 Å². The lowest BCUT2D eigenvalue weighted by molar-refractivity contribution is -0.120. The van der Waals surface area contributed by atoms with Crippen molar-refractivity contribution in [1.82, 2.24) is 20.1 Å². The van der Waals surface area contributed by atoms with Crippen LogP contribution in [0.1, 0.15) is 38.5 Å². The molecule has 1 amide bonds. The van der Waals surface area contributed by atoms with Gasteiger partial charge in [-0.3, -0.25) is 4.79 Å². The topological polar surface area (TPSA) is 59.8 Å². The van der Waals surface area contributed by atoms with E-state index >= 15 is 0 Å². The number of nitrogens with one attached hydrogen (secondary N) is 1. The van der Waals surface area contributed by atoms with E-state index in [4.69, 9.17) is 0 Å². The summed E-state index contributed by atoms with van der Waals surface area (Å²) in [4.78, 5) is 12.2. The van der Waals surface area contributed by atoms with Gasteiger partial charge in [0.05, 0.1) is 5.75 Å². The number of nitrogens with zero attached hydrogens (tertiary/aromatic N) is 3. The van der Waals surface area contributed by atoms with Crippen molar-refractivity contribution in [3.05, 3.63) is 6.33 Å². The third-order valence-electron chi connectivity index (χ3n) is 5.83. The second-order valence-corrected chi connectivity index (χ2v) is 8.65. The Labute approximate surface area is 135 Å². The summed E-state index contributed by atoms with van der Waals surface area (Å²) in [5, 5.41) is 11.8. The van der Waals surface area contributed by atoms with E-state index in [1.165, 1.54) is 50.3 Å². The minimum Gasteiger partial charge on any atom is -0.355 e. The molecule has 0 unspecified atom stereocenters. The van der Waals surface area contributed by atoms with Gasteiger partial charge >= 0.3 is 0 Å². The van der Waals surface area contributed by atoms with Gasteiger partial charge in [-0.15, -0.1) is 10.2 Å². The first-order valence-corrected chi connectivity index (χ1v) is 9.34. The fourth-order valence-corrected chi connectivity index (χ4v) is 6.09. The average Bonchev–Trinajstić information content (AvgIpc) is 2.87. The monoisotopic (exact) mass is 320 g/mol. The van der Waals surface area contributed by atoms with E-state index in [2.05, 4.69) is 15.5 Å². The fourth-order valence-electron chi connectivity index (χ4n) is 5.38. The van der Waals surface area contributed by atoms with Crippen molar-refractivity contribution in [2.24, 2.45) is 30.2 Å². The standard InChI is InChI=1S/C16H24N4OS/c1-20-10-18-19-15(20)22-8-14(21)17-9-16-5-11-2-12(6-16)4-13(3-11)7-16/h10-13H,2-9H2,1H3,(H,17,21). The molecular formula is C16H24N4OS. The molecule has 5 nitrogen and oxygen atoms in total. The Hall–Kier alpha value is -1.04. The maximum absolute atomic E-state index is 12.2. The van der Waals surface area contributed by atoms with Gasteiger partial charge in [-0.25, -0.2) is 0 Å². The number of aryl methyl sites for hydroxylation is 1. The molecule has 0 spiro atoms. The Morgan fingerprint density at radius 2 is 1.95 bits per heavy atom. The molecule has 5 rings (SSSR count). The zero-order chi connectivity index (χ0) is 15.2. The Morgan fingerprint density at radius 1 is 1.32 bits per heavy atom. The normalized spacial score (nSPS) is 35.8. The van der Waals surface area contributed by atoms with Gasteiger partial charge in [0, 0.05) is 13.6 Å². The first-order valence-electron chi connectivity index (χ1n) is 8.35. The number of thioether (sulfide) groups is 1. The van der Waals surface area contributed by atoms with E-state index in [0.29, 0.717) is 11.2 Å². The highest BCUT2D eigenvalue weighted by Crippen LogP contribution is 2.59. The van der Waals surface area contributed by atoms with Gasteiger partial charge < -0.3 is 9.88 Å². The third-order valence-corrected chi connectivity index (χ3v) is 6.86. The van der Waals surface area contributed by atoms with Crippen LogP contribution in [0.3, 0.4) is 0 Å². The fraction of sp³-hybridized carbons (Fsp3) is 0.812. The highest BCUT2D eigenvalue weighted by atomic mass is 32.2. The molecule has 120 valence electrons. The van der Waals surface area contributed by atoms with Crippen molar-refractivity contribution in [1.29, 1.82) is 0 Å². The molecule has 0 atom stereocenters. The molecule has 4 saturated carbocycles. The van der Waals surface area contributed by atoms with Crippen molar-refractivity contribution < 1.29 is 4.79 Å². The SMILES string of the molecule is Cn1cnnc1SCC(=O)NCC12CC3CC(CC(C3)C1)C2. The lowest BCUT2D eigenvalue weighted by atomic mass is 9.49. The molecule has 1 aromatic heterocycles. The number of carbonyl (C=O) groups excluding carboxylic acids is 1. The van der Waals surface area contributed by atoms with Crippen LogP contribution in [0.4, 0.5) is 0 Å². The predicted octanol–water partition coefficient (Wildman–Crippen LogP) is 2.24. The molecule has 0 radical (unpaired) electrons. The summed E-state index contributed by atoms with van der Waals surface area (Å²) in [6.45, 7) is 0.884. The molecule has 6 heteroatoms. The van der Waals surface area contributed by atoms with Crippen molar-refractivity contribution in [2.45, 2.75) is 43.7 Å². The highest BCUT2D eigenvalue weighted by molar-refractivity contribution is 7.99. The Bertz CT molecular complexity index is 535. The number of rotatable bonds is 5. The molecule has 0 saturated heterocycles. The summed E-state index contributed by atoms with van der Waals surface area (Å²) >= 11 is 1.46. The summed E-state index contributed by atoms with van der Waals surface area (Å²) < 4.78 is 1.84. The van der Waals surface area contributed by atoms with Crippen molar-refractivity contribution in [2.75, 3.05) is 12.3 Å². The molecular weight excluding hydrogens is 296 g/mol. The van der Waals surface area contributed by atoms with Crippen LogP contribution in [0.15, 0.2) is 11.5 Å². The van der Waals surface area contributed by atoms with Crippen molar-refractivity contribution in [3.8, 4) is 0 Å². The van der Waals surface area contributed by atoms with E-state index in [0.717, 1.165) is 29.5 Å². The molecule has 1 heterocycles. The van der Waals surface area contributed by atoms with Crippen molar-refractivity contribution >= 4 is 17.7 Å². The molecule has 4 fully saturated rings. The number of carbonyl (C=O) groups is 1. The molecule has 0 aliphatic heterocycles. The van der Waals surface area contributed by atoms with Gasteiger partial charge in [0.15, 0.2) is 5.16 Å². The second kappa shape index (κ2) is 5.55. The van der Waals surface area contributed by atoms with Gasteiger partial charge in [-0.2, -0.15) is 0 Å². The summed E-state index contributed by atoms with van der Waals surface area (Å²) in [5.74, 6) is 3.38. The van der Waals surface area contributed by atoms with Crippen LogP contribution < -0.4 is 5.32 Å². The van der Waals surface area contributed by atoms with Gasteiger partial charge in [0.1, 0.15) is 6.33 Å². The van der Waals surface area contributed by atoms with Gasteiger partial charge in [0.2, 0.25) is 5.91 Å². The lowest BCUT2D eigenvalue weighted by Crippen LogP contribution is -2.51. The van der Waals surface area contributed by atoms with Crippen LogP contribution in [-0.4, -0.2) is 33.0 Å². The number of aromatic nitrogens is 3. The second-order valence-electron chi connectivity index (χ2n) is 7.71. The highest BCUT2D eigenvalue weighted by Gasteiger charge is 2.50. The Kier molecular flexibility index (Phi) is 3.67. The number of hydrogen-bond donors (Lipinski definition) is 1. The zero-order valence-electron chi connectivity index (χ0n) is 13.1. The molecule has 4 aliphatic rings. The van der Waals surface area contributed by atoms with E-state index in [1.807, 2.05) is 11.6 Å². The zero-order valence-corrected chi connectivity index (χ0v) is 13.9. The average molecular weight is 320 g/mol. The quantitative estimate of drug-likeness (QED) is 0.845. The van der Waals surface area contributed by atoms with E-state index < -0.39 is 0 Å². The van der Waals surface area contributed by atoms with Gasteiger partial charge in [-0.1, -0.05) is 11.8 Å². The molecule has 1 aromatic rings. The Balaban J connectivity index is 1.29. The smallest absolute Gasteiger partial charge is 0.230 e. The summed E-state index contributed by atoms with van der Waals surface area (Å²) in [6.07, 6.45) is 10.1. The molecule has 4 bridgehead atoms. The van der Waals surface area contributed by atoms with Gasteiger partial charge in [-0.05, 0) is 61.7 Å².